The average molecular weight is 300 g/mol. The molecule has 4 heteroatoms. The quantitative estimate of drug-likeness (QED) is 0.422. The molecular weight excluding hydrogens is 292 g/mol. The third-order valence-corrected chi connectivity index (χ3v) is 0. The van der Waals surface area contributed by atoms with E-state index < -0.39 is 0 Å². The van der Waals surface area contributed by atoms with Crippen molar-refractivity contribution in [1.82, 2.24) is 0 Å². The average Bonchev–Trinajstić information content (AvgIpc) is 0. The Hall–Kier alpha value is 2.35. The second-order valence-corrected chi connectivity index (χ2v) is 0. The molecule has 0 amide bonds. The third-order valence-electron chi connectivity index (χ3n) is 0. The summed E-state index contributed by atoms with van der Waals surface area (Å²) in [5.74, 6) is 0. The van der Waals surface area contributed by atoms with Crippen molar-refractivity contribution < 1.29 is 31.7 Å². The molecule has 0 saturated carbocycles. The first-order valence-electron chi connectivity index (χ1n) is 0. The topological polar surface area (TPSA) is 31.5 Å². The Labute approximate surface area is 76.2 Å². The van der Waals surface area contributed by atoms with Gasteiger partial charge in [0, 0.05) is 26.2 Å². The van der Waals surface area contributed by atoms with Gasteiger partial charge in [0.15, 0.2) is 0 Å². The fourth-order valence-corrected chi connectivity index (χ4v) is 0. The van der Waals surface area contributed by atoms with E-state index in [2.05, 4.69) is 0 Å². The van der Waals surface area contributed by atoms with Crippen LogP contribution in [-0.4, -0.2) is 51.1 Å². The monoisotopic (exact) mass is 298 g/mol. The number of hydrogen-bond donors (Lipinski definition) is 0. The third kappa shape index (κ3) is 8.84. The van der Waals surface area contributed by atoms with E-state index in [1.54, 1.807) is 0 Å². The van der Waals surface area contributed by atoms with E-state index >= 15 is 0 Å². The molecule has 2 N–H and O–H groups in total. The van der Waals surface area contributed by atoms with Crippen molar-refractivity contribution in [3.05, 3.63) is 0 Å². The molecule has 0 spiro atoms. The maximum atomic E-state index is 0. The van der Waals surface area contributed by atoms with E-state index in [9.17, 15) is 0 Å². The molecule has 0 radical (unpaired) electrons. The van der Waals surface area contributed by atoms with E-state index in [1.807, 2.05) is 0 Å². The van der Waals surface area contributed by atoms with Gasteiger partial charge in [-0.3, -0.25) is 0 Å². The van der Waals surface area contributed by atoms with Gasteiger partial charge < -0.3 is 5.48 Å². The molecule has 0 fully saturated rings. The van der Waals surface area contributed by atoms with Gasteiger partial charge >= 0.3 is 45.6 Å². The molecule has 0 aromatic heterocycles. The first-order chi connectivity index (χ1) is 0. The predicted octanol–water partition coefficient (Wildman–Crippen LogP) is -3.20. The van der Waals surface area contributed by atoms with E-state index in [-0.39, 0.29) is 77.3 Å². The van der Waals surface area contributed by atoms with Crippen LogP contribution in [0.3, 0.4) is 0 Å². The molecule has 0 unspecified atom stereocenters. The SMILES string of the molecule is O.[GaH3].[InH3].[Zr]. The van der Waals surface area contributed by atoms with Gasteiger partial charge in [0.2, 0.25) is 0 Å². The summed E-state index contributed by atoms with van der Waals surface area (Å²) in [5.41, 5.74) is 0. The fourth-order valence-electron chi connectivity index (χ4n) is 0. The van der Waals surface area contributed by atoms with E-state index in [0.29, 0.717) is 0 Å². The molecular formula is H8GaInOZr. The Morgan fingerprint density at radius 2 is 1.00 bits per heavy atom. The molecule has 0 rings (SSSR count). The zero-order chi connectivity index (χ0) is 0. The van der Waals surface area contributed by atoms with Crippen LogP contribution in [0.25, 0.3) is 0 Å². The molecule has 1 nitrogen and oxygen atoms in total. The van der Waals surface area contributed by atoms with Crippen LogP contribution < -0.4 is 0 Å². The van der Waals surface area contributed by atoms with Crippen LogP contribution in [0.2, 0.25) is 0 Å². The summed E-state index contributed by atoms with van der Waals surface area (Å²) in [6, 6.07) is 0. The molecule has 4 heavy (non-hydrogen) atoms. The molecule has 24 valence electrons. The molecule has 0 bridgehead atoms. The zero-order valence-corrected chi connectivity index (χ0v) is 3.46. The molecule has 0 saturated heterocycles. The Balaban J connectivity index is 0. The van der Waals surface area contributed by atoms with Gasteiger partial charge in [-0.25, -0.2) is 0 Å². The summed E-state index contributed by atoms with van der Waals surface area (Å²) in [5, 5.41) is 0. The van der Waals surface area contributed by atoms with E-state index in [4.69, 9.17) is 0 Å². The van der Waals surface area contributed by atoms with Crippen LogP contribution in [-0.2, 0) is 26.2 Å². The van der Waals surface area contributed by atoms with Crippen molar-refractivity contribution in [1.29, 1.82) is 0 Å². The van der Waals surface area contributed by atoms with Crippen LogP contribution >= 0.6 is 0 Å². The molecule has 0 aliphatic rings. The Bertz CT molecular complexity index is 8.00. The van der Waals surface area contributed by atoms with Gasteiger partial charge in [0.1, 0.15) is 0 Å². The minimum absolute atomic E-state index is 0. The number of hydrogen-bond acceptors (Lipinski definition) is 0. The standard InChI is InChI=1S/Ga.In.H2O.Zr.6H/h;;1H2;;;;;;;. The summed E-state index contributed by atoms with van der Waals surface area (Å²) < 4.78 is 0. The smallest absolute Gasteiger partial charge is 0 e. The summed E-state index contributed by atoms with van der Waals surface area (Å²) in [7, 11) is 0. The fraction of sp³-hybridized carbons (Fsp3) is 0. The minimum atomic E-state index is 0. The van der Waals surface area contributed by atoms with Crippen LogP contribution in [0.15, 0.2) is 0 Å². The van der Waals surface area contributed by atoms with Crippen molar-refractivity contribution in [2.45, 2.75) is 0 Å². The second kappa shape index (κ2) is 18.3. The summed E-state index contributed by atoms with van der Waals surface area (Å²) in [4.78, 5) is 0. The Morgan fingerprint density at radius 1 is 1.00 bits per heavy atom. The van der Waals surface area contributed by atoms with Crippen molar-refractivity contribution in [3.8, 4) is 0 Å². The van der Waals surface area contributed by atoms with Crippen LogP contribution in [0.5, 0.6) is 0 Å². The summed E-state index contributed by atoms with van der Waals surface area (Å²) in [6.07, 6.45) is 0. The number of rotatable bonds is 0. The van der Waals surface area contributed by atoms with Crippen molar-refractivity contribution in [3.63, 3.8) is 0 Å². The maximum absolute atomic E-state index is 0. The first kappa shape index (κ1) is 32.9. The van der Waals surface area contributed by atoms with Crippen LogP contribution in [0, 0.1) is 0 Å². The predicted molar refractivity (Wildman–Crippen MR) is 23.5 cm³/mol. The summed E-state index contributed by atoms with van der Waals surface area (Å²) >= 11 is 0. The Kier molecular flexibility index (Phi) is 151. The van der Waals surface area contributed by atoms with Gasteiger partial charge in [0.05, 0.1) is 0 Å². The van der Waals surface area contributed by atoms with Crippen LogP contribution in [0.1, 0.15) is 0 Å². The minimum Gasteiger partial charge on any atom is 0 e. The van der Waals surface area contributed by atoms with Crippen molar-refractivity contribution >= 4 is 45.6 Å². The second-order valence-electron chi connectivity index (χ2n) is 0. The molecule has 0 atom stereocenters. The molecule has 0 aromatic carbocycles. The van der Waals surface area contributed by atoms with Crippen LogP contribution in [0.4, 0.5) is 0 Å². The molecule has 0 aromatic rings. The van der Waals surface area contributed by atoms with Crippen molar-refractivity contribution in [2.24, 2.45) is 0 Å². The molecule has 0 aliphatic carbocycles. The maximum Gasteiger partial charge on any atom is 0 e. The largest absolute Gasteiger partial charge is 0 e. The van der Waals surface area contributed by atoms with Gasteiger partial charge in [0.25, 0.3) is 0 Å². The van der Waals surface area contributed by atoms with Crippen molar-refractivity contribution in [2.75, 3.05) is 0 Å². The van der Waals surface area contributed by atoms with Gasteiger partial charge in [-0.15, -0.1) is 0 Å². The van der Waals surface area contributed by atoms with Gasteiger partial charge in [-0.2, -0.15) is 0 Å². The zero-order valence-electron chi connectivity index (χ0n) is 1.00. The molecule has 0 aliphatic heterocycles. The van der Waals surface area contributed by atoms with Gasteiger partial charge in [-0.05, 0) is 0 Å². The molecule has 0 heterocycles. The van der Waals surface area contributed by atoms with E-state index in [0.717, 1.165) is 0 Å². The van der Waals surface area contributed by atoms with E-state index in [1.165, 1.54) is 0 Å². The Morgan fingerprint density at radius 3 is 1.00 bits per heavy atom. The summed E-state index contributed by atoms with van der Waals surface area (Å²) in [6.45, 7) is 0. The first-order valence-corrected chi connectivity index (χ1v) is 0. The van der Waals surface area contributed by atoms with Gasteiger partial charge in [-0.1, -0.05) is 0 Å². The normalized spacial score (nSPS) is 0.